The molecule has 0 aromatic heterocycles. The van der Waals surface area contributed by atoms with Gasteiger partial charge in [0.05, 0.1) is 6.04 Å². The predicted octanol–water partition coefficient (Wildman–Crippen LogP) is 3.22. The van der Waals surface area contributed by atoms with Crippen molar-refractivity contribution >= 4 is 12.2 Å². The van der Waals surface area contributed by atoms with Gasteiger partial charge in [0.25, 0.3) is 0 Å². The van der Waals surface area contributed by atoms with Gasteiger partial charge in [-0.3, -0.25) is 0 Å². The van der Waals surface area contributed by atoms with E-state index < -0.39 is 0 Å². The summed E-state index contributed by atoms with van der Waals surface area (Å²) >= 11 is 0. The van der Waals surface area contributed by atoms with E-state index in [1.54, 1.807) is 0 Å². The third kappa shape index (κ3) is 1.37. The highest BCUT2D eigenvalue weighted by Gasteiger charge is 2.16. The molecule has 0 bridgehead atoms. The molecule has 1 heteroatoms. The second-order valence-electron chi connectivity index (χ2n) is 4.07. The van der Waals surface area contributed by atoms with Gasteiger partial charge in [0, 0.05) is 0 Å². The van der Waals surface area contributed by atoms with Crippen LogP contribution in [0, 0.1) is 0 Å². The van der Waals surface area contributed by atoms with E-state index in [0.29, 0.717) is 0 Å². The Balaban J connectivity index is 2.26. The zero-order valence-corrected chi connectivity index (χ0v) is 8.93. The SMILES string of the molecule is NC1c2ccccc2C=Cc2ccccc21. The van der Waals surface area contributed by atoms with Crippen molar-refractivity contribution in [2.45, 2.75) is 6.04 Å². The second kappa shape index (κ2) is 3.62. The lowest BCUT2D eigenvalue weighted by atomic mass is 9.95. The molecule has 0 fully saturated rings. The zero-order valence-electron chi connectivity index (χ0n) is 8.93. The molecule has 2 N–H and O–H groups in total. The number of hydrogen-bond donors (Lipinski definition) is 1. The molecule has 1 nitrogen and oxygen atoms in total. The van der Waals surface area contributed by atoms with E-state index in [0.717, 1.165) is 0 Å². The van der Waals surface area contributed by atoms with Crippen molar-refractivity contribution in [2.75, 3.05) is 0 Å². The minimum absolute atomic E-state index is 0.0256. The summed E-state index contributed by atoms with van der Waals surface area (Å²) in [7, 11) is 0. The van der Waals surface area contributed by atoms with Crippen LogP contribution in [-0.2, 0) is 0 Å². The Morgan fingerprint density at radius 1 is 0.688 bits per heavy atom. The molecule has 2 aromatic rings. The molecule has 0 saturated heterocycles. The zero-order chi connectivity index (χ0) is 11.0. The number of nitrogens with two attached hydrogens (primary N) is 1. The fourth-order valence-electron chi connectivity index (χ4n) is 2.24. The topological polar surface area (TPSA) is 26.0 Å². The Morgan fingerprint density at radius 3 is 1.62 bits per heavy atom. The molecule has 78 valence electrons. The lowest BCUT2D eigenvalue weighted by Crippen LogP contribution is -2.13. The van der Waals surface area contributed by atoms with Gasteiger partial charge in [-0.25, -0.2) is 0 Å². The summed E-state index contributed by atoms with van der Waals surface area (Å²) in [5.41, 5.74) is 11.1. The quantitative estimate of drug-likeness (QED) is 0.705. The van der Waals surface area contributed by atoms with E-state index in [1.165, 1.54) is 22.3 Å². The summed E-state index contributed by atoms with van der Waals surface area (Å²) in [6, 6.07) is 16.6. The van der Waals surface area contributed by atoms with Crippen molar-refractivity contribution in [2.24, 2.45) is 5.73 Å². The van der Waals surface area contributed by atoms with Gasteiger partial charge >= 0.3 is 0 Å². The summed E-state index contributed by atoms with van der Waals surface area (Å²) in [4.78, 5) is 0. The van der Waals surface area contributed by atoms with Crippen LogP contribution in [0.3, 0.4) is 0 Å². The molecule has 0 amide bonds. The fourth-order valence-corrected chi connectivity index (χ4v) is 2.24. The Morgan fingerprint density at radius 2 is 1.12 bits per heavy atom. The molecule has 0 saturated carbocycles. The Labute approximate surface area is 95.2 Å². The molecule has 0 heterocycles. The normalized spacial score (nSPS) is 14.1. The third-order valence-corrected chi connectivity index (χ3v) is 3.10. The van der Waals surface area contributed by atoms with Crippen LogP contribution >= 0.6 is 0 Å². The van der Waals surface area contributed by atoms with Crippen molar-refractivity contribution < 1.29 is 0 Å². The second-order valence-corrected chi connectivity index (χ2v) is 4.07. The largest absolute Gasteiger partial charge is 0.320 e. The van der Waals surface area contributed by atoms with E-state index in [2.05, 4.69) is 36.4 Å². The molecule has 0 aliphatic heterocycles. The Hall–Kier alpha value is -1.86. The lowest BCUT2D eigenvalue weighted by Gasteiger charge is -2.14. The highest BCUT2D eigenvalue weighted by molar-refractivity contribution is 5.76. The van der Waals surface area contributed by atoms with Gasteiger partial charge < -0.3 is 5.73 Å². The summed E-state index contributed by atoms with van der Waals surface area (Å²) in [5.74, 6) is 0. The van der Waals surface area contributed by atoms with E-state index in [9.17, 15) is 0 Å². The summed E-state index contributed by atoms with van der Waals surface area (Å²) in [6.07, 6.45) is 4.28. The molecule has 0 unspecified atom stereocenters. The van der Waals surface area contributed by atoms with Crippen LogP contribution in [0.15, 0.2) is 48.5 Å². The molecule has 0 spiro atoms. The monoisotopic (exact) mass is 207 g/mol. The number of hydrogen-bond acceptors (Lipinski definition) is 1. The van der Waals surface area contributed by atoms with Crippen molar-refractivity contribution in [3.8, 4) is 0 Å². The molecule has 3 rings (SSSR count). The van der Waals surface area contributed by atoms with Crippen molar-refractivity contribution in [3.63, 3.8) is 0 Å². The van der Waals surface area contributed by atoms with E-state index in [4.69, 9.17) is 5.73 Å². The minimum Gasteiger partial charge on any atom is -0.320 e. The first-order valence-electron chi connectivity index (χ1n) is 5.48. The molecule has 2 aromatic carbocycles. The first kappa shape index (κ1) is 9.37. The van der Waals surface area contributed by atoms with E-state index >= 15 is 0 Å². The Kier molecular flexibility index (Phi) is 2.12. The molecule has 1 aliphatic carbocycles. The van der Waals surface area contributed by atoms with Crippen molar-refractivity contribution in [3.05, 3.63) is 70.8 Å². The van der Waals surface area contributed by atoms with Gasteiger partial charge in [0.15, 0.2) is 0 Å². The molecule has 1 aliphatic rings. The summed E-state index contributed by atoms with van der Waals surface area (Å²) < 4.78 is 0. The average molecular weight is 207 g/mol. The molecular weight excluding hydrogens is 194 g/mol. The van der Waals surface area contributed by atoms with Crippen molar-refractivity contribution in [1.82, 2.24) is 0 Å². The van der Waals surface area contributed by atoms with Gasteiger partial charge in [-0.2, -0.15) is 0 Å². The van der Waals surface area contributed by atoms with Crippen LogP contribution in [-0.4, -0.2) is 0 Å². The summed E-state index contributed by atoms with van der Waals surface area (Å²) in [5, 5.41) is 0. The van der Waals surface area contributed by atoms with E-state index in [-0.39, 0.29) is 6.04 Å². The standard InChI is InChI=1S/C15H13N/c16-15-13-7-3-1-5-11(13)9-10-12-6-2-4-8-14(12)15/h1-10,15H,16H2. The highest BCUT2D eigenvalue weighted by Crippen LogP contribution is 2.30. The average Bonchev–Trinajstić information content (AvgIpc) is 2.49. The number of rotatable bonds is 0. The van der Waals surface area contributed by atoms with Gasteiger partial charge in [-0.15, -0.1) is 0 Å². The van der Waals surface area contributed by atoms with Crippen LogP contribution in [0.1, 0.15) is 28.3 Å². The molecule has 0 atom stereocenters. The van der Waals surface area contributed by atoms with Crippen LogP contribution in [0.5, 0.6) is 0 Å². The third-order valence-electron chi connectivity index (χ3n) is 3.10. The maximum Gasteiger partial charge on any atom is 0.0563 e. The number of benzene rings is 2. The van der Waals surface area contributed by atoms with Gasteiger partial charge in [0.2, 0.25) is 0 Å². The van der Waals surface area contributed by atoms with Crippen LogP contribution in [0.4, 0.5) is 0 Å². The first-order valence-corrected chi connectivity index (χ1v) is 5.48. The Bertz CT molecular complexity index is 505. The first-order chi connectivity index (χ1) is 7.86. The summed E-state index contributed by atoms with van der Waals surface area (Å²) in [6.45, 7) is 0. The van der Waals surface area contributed by atoms with Gasteiger partial charge in [-0.1, -0.05) is 60.7 Å². The maximum atomic E-state index is 6.32. The fraction of sp³-hybridized carbons (Fsp3) is 0.0667. The van der Waals surface area contributed by atoms with Crippen molar-refractivity contribution in [1.29, 1.82) is 0 Å². The van der Waals surface area contributed by atoms with Crippen LogP contribution in [0.2, 0.25) is 0 Å². The minimum atomic E-state index is -0.0256. The van der Waals surface area contributed by atoms with Gasteiger partial charge in [0.1, 0.15) is 0 Å². The molecular formula is C15H13N. The lowest BCUT2D eigenvalue weighted by molar-refractivity contribution is 0.869. The van der Waals surface area contributed by atoms with Crippen LogP contribution in [0.25, 0.3) is 12.2 Å². The highest BCUT2D eigenvalue weighted by atomic mass is 14.6. The van der Waals surface area contributed by atoms with Crippen LogP contribution < -0.4 is 5.73 Å². The van der Waals surface area contributed by atoms with Gasteiger partial charge in [-0.05, 0) is 22.3 Å². The molecule has 0 radical (unpaired) electrons. The maximum absolute atomic E-state index is 6.32. The smallest absolute Gasteiger partial charge is 0.0563 e. The van der Waals surface area contributed by atoms with E-state index in [1.807, 2.05) is 24.3 Å². The predicted molar refractivity (Wildman–Crippen MR) is 67.8 cm³/mol. The number of fused-ring (bicyclic) bond motifs is 2. The molecule has 16 heavy (non-hydrogen) atoms.